The summed E-state index contributed by atoms with van der Waals surface area (Å²) in [5, 5.41) is 5.53. The Kier molecular flexibility index (Phi) is 2.59. The number of hydrogen-bond donors (Lipinski definition) is 0. The predicted octanol–water partition coefficient (Wildman–Crippen LogP) is 1.71. The lowest BCUT2D eigenvalue weighted by Crippen LogP contribution is -2.41. The van der Waals surface area contributed by atoms with Crippen LogP contribution in [0.15, 0.2) is 5.10 Å². The summed E-state index contributed by atoms with van der Waals surface area (Å²) in [4.78, 5) is 11.4. The molecule has 0 spiro atoms. The van der Waals surface area contributed by atoms with Crippen LogP contribution in [0.2, 0.25) is 0 Å². The van der Waals surface area contributed by atoms with E-state index in [0.717, 1.165) is 6.42 Å². The van der Waals surface area contributed by atoms with Gasteiger partial charge in [-0.25, -0.2) is 0 Å². The van der Waals surface area contributed by atoms with E-state index in [1.807, 2.05) is 27.7 Å². The molecule has 0 aromatic heterocycles. The molecule has 13 heavy (non-hydrogen) atoms. The van der Waals surface area contributed by atoms with Crippen molar-refractivity contribution < 1.29 is 9.53 Å². The third kappa shape index (κ3) is 1.82. The second kappa shape index (κ2) is 3.36. The highest BCUT2D eigenvalue weighted by Gasteiger charge is 2.38. The third-order valence-electron chi connectivity index (χ3n) is 1.93. The fourth-order valence-electron chi connectivity index (χ4n) is 1.23. The van der Waals surface area contributed by atoms with Crippen LogP contribution in [0.4, 0.5) is 0 Å². The molecule has 0 saturated heterocycles. The van der Waals surface area contributed by atoms with Crippen molar-refractivity contribution in [2.75, 3.05) is 0 Å². The molecule has 0 aromatic rings. The van der Waals surface area contributed by atoms with E-state index in [0.29, 0.717) is 12.3 Å². The van der Waals surface area contributed by atoms with Crippen molar-refractivity contribution in [2.24, 2.45) is 5.10 Å². The van der Waals surface area contributed by atoms with Crippen LogP contribution in [0, 0.1) is 0 Å². The summed E-state index contributed by atoms with van der Waals surface area (Å²) in [6.45, 7) is 7.45. The van der Waals surface area contributed by atoms with Gasteiger partial charge in [-0.2, -0.15) is 5.01 Å². The molecular formula is C9H16N2O2. The largest absolute Gasteiger partial charge is 0.452 e. The number of carbonyl (C=O) groups is 1. The van der Waals surface area contributed by atoms with E-state index < -0.39 is 5.72 Å². The highest BCUT2D eigenvalue weighted by Crippen LogP contribution is 2.25. The van der Waals surface area contributed by atoms with E-state index in [1.165, 1.54) is 5.01 Å². The Morgan fingerprint density at radius 1 is 1.54 bits per heavy atom. The van der Waals surface area contributed by atoms with Crippen LogP contribution in [0.25, 0.3) is 0 Å². The number of rotatable bonds is 2. The highest BCUT2D eigenvalue weighted by molar-refractivity contribution is 5.83. The maximum absolute atomic E-state index is 11.4. The van der Waals surface area contributed by atoms with Crippen LogP contribution in [-0.2, 0) is 9.53 Å². The van der Waals surface area contributed by atoms with Crippen LogP contribution < -0.4 is 0 Å². The number of ether oxygens (including phenoxy) is 1. The fraction of sp³-hybridized carbons (Fsp3) is 0.778. The number of amides is 1. The van der Waals surface area contributed by atoms with Gasteiger partial charge in [0.05, 0.1) is 0 Å². The normalized spacial score (nSPS) is 19.7. The molecule has 0 aromatic carbocycles. The summed E-state index contributed by atoms with van der Waals surface area (Å²) >= 11 is 0. The number of carbonyl (C=O) groups excluding carboxylic acids is 1. The minimum Gasteiger partial charge on any atom is -0.452 e. The van der Waals surface area contributed by atoms with Gasteiger partial charge in [-0.3, -0.25) is 4.79 Å². The van der Waals surface area contributed by atoms with Crippen molar-refractivity contribution in [3.8, 4) is 0 Å². The smallest absolute Gasteiger partial charge is 0.246 e. The summed E-state index contributed by atoms with van der Waals surface area (Å²) in [5.41, 5.74) is -0.613. The van der Waals surface area contributed by atoms with Crippen LogP contribution in [0.1, 0.15) is 40.5 Å². The molecule has 1 aliphatic rings. The first-order valence-electron chi connectivity index (χ1n) is 4.60. The molecule has 0 saturated carbocycles. The number of hydrazone groups is 1. The standard InChI is InChI=1S/C9H16N2O2/c1-5-7-10-11(8(12)6-2)9(3,4)13-7/h5-6H2,1-4H3. The molecule has 0 bridgehead atoms. The molecule has 0 aliphatic carbocycles. The van der Waals surface area contributed by atoms with Crippen LogP contribution in [0.3, 0.4) is 0 Å². The van der Waals surface area contributed by atoms with Crippen molar-refractivity contribution >= 4 is 11.8 Å². The lowest BCUT2D eigenvalue weighted by atomic mass is 10.3. The molecule has 4 nitrogen and oxygen atoms in total. The van der Waals surface area contributed by atoms with Crippen molar-refractivity contribution in [1.29, 1.82) is 0 Å². The summed E-state index contributed by atoms with van der Waals surface area (Å²) in [7, 11) is 0. The average Bonchev–Trinajstić information content (AvgIpc) is 2.39. The van der Waals surface area contributed by atoms with Gasteiger partial charge in [-0.05, 0) is 13.8 Å². The van der Waals surface area contributed by atoms with E-state index in [9.17, 15) is 4.79 Å². The van der Waals surface area contributed by atoms with Gasteiger partial charge < -0.3 is 4.74 Å². The highest BCUT2D eigenvalue weighted by atomic mass is 16.5. The Hall–Kier alpha value is -1.06. The molecule has 0 atom stereocenters. The SMILES string of the molecule is CCC(=O)N1N=C(CC)OC1(C)C. The second-order valence-electron chi connectivity index (χ2n) is 3.46. The van der Waals surface area contributed by atoms with Crippen molar-refractivity contribution in [3.63, 3.8) is 0 Å². The van der Waals surface area contributed by atoms with Gasteiger partial charge in [-0.15, -0.1) is 5.10 Å². The molecule has 74 valence electrons. The fourth-order valence-corrected chi connectivity index (χ4v) is 1.23. The Morgan fingerprint density at radius 2 is 2.15 bits per heavy atom. The second-order valence-corrected chi connectivity index (χ2v) is 3.46. The molecule has 0 radical (unpaired) electrons. The molecule has 1 amide bonds. The maximum atomic E-state index is 11.4. The Balaban J connectivity index is 2.82. The molecular weight excluding hydrogens is 168 g/mol. The molecule has 0 N–H and O–H groups in total. The zero-order valence-corrected chi connectivity index (χ0v) is 8.63. The Labute approximate surface area is 78.6 Å². The minimum atomic E-state index is -0.613. The topological polar surface area (TPSA) is 41.9 Å². The minimum absolute atomic E-state index is 0.00606. The molecule has 4 heteroatoms. The van der Waals surface area contributed by atoms with Gasteiger partial charge >= 0.3 is 0 Å². The van der Waals surface area contributed by atoms with E-state index in [2.05, 4.69) is 5.10 Å². The first-order chi connectivity index (χ1) is 6.01. The Morgan fingerprint density at radius 3 is 2.54 bits per heavy atom. The van der Waals surface area contributed by atoms with E-state index >= 15 is 0 Å². The summed E-state index contributed by atoms with van der Waals surface area (Å²) in [6, 6.07) is 0. The van der Waals surface area contributed by atoms with Gasteiger partial charge in [0.25, 0.3) is 0 Å². The first kappa shape index (κ1) is 10.0. The number of nitrogens with zero attached hydrogens (tertiary/aromatic N) is 2. The lowest BCUT2D eigenvalue weighted by Gasteiger charge is -2.26. The summed E-state index contributed by atoms with van der Waals surface area (Å²) < 4.78 is 5.49. The molecule has 0 unspecified atom stereocenters. The molecule has 1 heterocycles. The van der Waals surface area contributed by atoms with Crippen molar-refractivity contribution in [1.82, 2.24) is 5.01 Å². The van der Waals surface area contributed by atoms with Gasteiger partial charge in [-0.1, -0.05) is 13.8 Å². The molecule has 0 fully saturated rings. The van der Waals surface area contributed by atoms with E-state index in [-0.39, 0.29) is 5.91 Å². The molecule has 1 aliphatic heterocycles. The quantitative estimate of drug-likeness (QED) is 0.655. The Bertz CT molecular complexity index is 246. The van der Waals surface area contributed by atoms with E-state index in [1.54, 1.807) is 0 Å². The van der Waals surface area contributed by atoms with Crippen LogP contribution >= 0.6 is 0 Å². The maximum Gasteiger partial charge on any atom is 0.246 e. The van der Waals surface area contributed by atoms with Gasteiger partial charge in [0.1, 0.15) is 0 Å². The van der Waals surface area contributed by atoms with Crippen molar-refractivity contribution in [2.45, 2.75) is 46.3 Å². The van der Waals surface area contributed by atoms with Crippen LogP contribution in [-0.4, -0.2) is 22.5 Å². The van der Waals surface area contributed by atoms with Gasteiger partial charge in [0, 0.05) is 12.8 Å². The van der Waals surface area contributed by atoms with Gasteiger partial charge in [0.15, 0.2) is 0 Å². The first-order valence-corrected chi connectivity index (χ1v) is 4.60. The van der Waals surface area contributed by atoms with Crippen LogP contribution in [0.5, 0.6) is 0 Å². The molecule has 1 rings (SSSR count). The summed E-state index contributed by atoms with van der Waals surface area (Å²) in [6.07, 6.45) is 1.17. The van der Waals surface area contributed by atoms with Gasteiger partial charge in [0.2, 0.25) is 17.5 Å². The predicted molar refractivity (Wildman–Crippen MR) is 50.0 cm³/mol. The zero-order valence-electron chi connectivity index (χ0n) is 8.63. The average molecular weight is 184 g/mol. The monoisotopic (exact) mass is 184 g/mol. The van der Waals surface area contributed by atoms with E-state index in [4.69, 9.17) is 4.74 Å². The zero-order chi connectivity index (χ0) is 10.1. The lowest BCUT2D eigenvalue weighted by molar-refractivity contribution is -0.144. The van der Waals surface area contributed by atoms with Crippen molar-refractivity contribution in [3.05, 3.63) is 0 Å². The third-order valence-corrected chi connectivity index (χ3v) is 1.93. The summed E-state index contributed by atoms with van der Waals surface area (Å²) in [5.74, 6) is 0.625. The number of hydrogen-bond acceptors (Lipinski definition) is 3.